The minimum absolute atomic E-state index is 0.0442. The predicted octanol–water partition coefficient (Wildman–Crippen LogP) is 0.622. The highest BCUT2D eigenvalue weighted by Gasteiger charge is 2.70. The maximum atomic E-state index is 14.1. The number of hydrogen-bond acceptors (Lipinski definition) is 5. The average Bonchev–Trinajstić information content (AvgIpc) is 3.29. The fraction of sp³-hybridized carbons (Fsp3) is 0.273. The lowest BCUT2D eigenvalue weighted by atomic mass is 9.76. The van der Waals surface area contributed by atoms with Gasteiger partial charge in [0.1, 0.15) is 11.4 Å². The molecule has 0 aromatic heterocycles. The molecule has 0 aliphatic carbocycles. The third kappa shape index (κ3) is 2.70. The SMILES string of the molecule is NC(=O)CC1N[C@]2(C(=O)Nc3ccc(F)cc32)C2C(=O)N(Cc3ccccc3)C(=O)C12. The van der Waals surface area contributed by atoms with E-state index < -0.39 is 52.9 Å². The molecule has 0 bridgehead atoms. The molecule has 2 aromatic rings. The first kappa shape index (κ1) is 19.4. The van der Waals surface area contributed by atoms with Crippen LogP contribution in [0.4, 0.5) is 10.1 Å². The zero-order chi connectivity index (χ0) is 21.9. The van der Waals surface area contributed by atoms with Crippen LogP contribution < -0.4 is 16.4 Å². The average molecular weight is 422 g/mol. The maximum absolute atomic E-state index is 14.1. The van der Waals surface area contributed by atoms with Gasteiger partial charge in [-0.05, 0) is 23.8 Å². The Kier molecular flexibility index (Phi) is 4.19. The van der Waals surface area contributed by atoms with Gasteiger partial charge >= 0.3 is 0 Å². The number of benzene rings is 2. The first-order chi connectivity index (χ1) is 14.8. The number of likely N-dealkylation sites (tertiary alicyclic amines) is 1. The van der Waals surface area contributed by atoms with Gasteiger partial charge in [-0.25, -0.2) is 4.39 Å². The number of fused-ring (bicyclic) bond motifs is 4. The lowest BCUT2D eigenvalue weighted by Crippen LogP contribution is -2.53. The van der Waals surface area contributed by atoms with E-state index in [-0.39, 0.29) is 18.5 Å². The second-order valence-electron chi connectivity index (χ2n) is 8.12. The molecule has 4 amide bonds. The van der Waals surface area contributed by atoms with Crippen LogP contribution in [0.5, 0.6) is 0 Å². The van der Waals surface area contributed by atoms with Gasteiger partial charge in [-0.3, -0.25) is 29.4 Å². The second kappa shape index (κ2) is 6.71. The molecule has 4 N–H and O–H groups in total. The van der Waals surface area contributed by atoms with Crippen LogP contribution in [-0.2, 0) is 31.3 Å². The molecule has 5 rings (SSSR count). The zero-order valence-corrected chi connectivity index (χ0v) is 16.3. The van der Waals surface area contributed by atoms with Crippen molar-refractivity contribution in [2.45, 2.75) is 24.5 Å². The fourth-order valence-corrected chi connectivity index (χ4v) is 5.15. The number of rotatable bonds is 4. The Hall–Kier alpha value is -3.59. The molecule has 0 radical (unpaired) electrons. The van der Waals surface area contributed by atoms with Crippen LogP contribution in [0.1, 0.15) is 17.5 Å². The van der Waals surface area contributed by atoms with Crippen LogP contribution in [0, 0.1) is 17.7 Å². The molecule has 2 saturated heterocycles. The van der Waals surface area contributed by atoms with Gasteiger partial charge in [-0.2, -0.15) is 0 Å². The van der Waals surface area contributed by atoms with Gasteiger partial charge in [0.25, 0.3) is 0 Å². The van der Waals surface area contributed by atoms with Crippen molar-refractivity contribution < 1.29 is 23.6 Å². The first-order valence-corrected chi connectivity index (χ1v) is 9.89. The summed E-state index contributed by atoms with van der Waals surface area (Å²) in [5, 5.41) is 5.71. The quantitative estimate of drug-likeness (QED) is 0.624. The molecule has 3 aliphatic heterocycles. The molecule has 2 aromatic carbocycles. The van der Waals surface area contributed by atoms with Crippen LogP contribution >= 0.6 is 0 Å². The molecular weight excluding hydrogens is 403 g/mol. The molecule has 3 unspecified atom stereocenters. The van der Waals surface area contributed by atoms with Gasteiger partial charge in [-0.1, -0.05) is 30.3 Å². The molecule has 0 saturated carbocycles. The molecule has 4 atom stereocenters. The Morgan fingerprint density at radius 2 is 1.84 bits per heavy atom. The number of carbonyl (C=O) groups is 4. The van der Waals surface area contributed by atoms with Crippen molar-refractivity contribution in [3.8, 4) is 0 Å². The fourth-order valence-electron chi connectivity index (χ4n) is 5.15. The molecule has 9 heteroatoms. The van der Waals surface area contributed by atoms with E-state index in [2.05, 4.69) is 10.6 Å². The Morgan fingerprint density at radius 1 is 1.10 bits per heavy atom. The van der Waals surface area contributed by atoms with Gasteiger partial charge in [0, 0.05) is 23.7 Å². The van der Waals surface area contributed by atoms with Crippen LogP contribution in [0.3, 0.4) is 0 Å². The highest BCUT2D eigenvalue weighted by Crippen LogP contribution is 2.53. The number of nitrogens with one attached hydrogen (secondary N) is 2. The van der Waals surface area contributed by atoms with Gasteiger partial charge in [-0.15, -0.1) is 0 Å². The van der Waals surface area contributed by atoms with Crippen molar-refractivity contribution in [1.82, 2.24) is 10.2 Å². The topological polar surface area (TPSA) is 122 Å². The highest BCUT2D eigenvalue weighted by atomic mass is 19.1. The van der Waals surface area contributed by atoms with Crippen molar-refractivity contribution in [1.29, 1.82) is 0 Å². The van der Waals surface area contributed by atoms with E-state index >= 15 is 0 Å². The third-order valence-corrected chi connectivity index (χ3v) is 6.37. The number of imide groups is 1. The summed E-state index contributed by atoms with van der Waals surface area (Å²) in [5.74, 6) is -4.91. The monoisotopic (exact) mass is 422 g/mol. The Bertz CT molecular complexity index is 1140. The summed E-state index contributed by atoms with van der Waals surface area (Å²) in [4.78, 5) is 52.8. The molecule has 1 spiro atoms. The van der Waals surface area contributed by atoms with Crippen molar-refractivity contribution in [3.05, 3.63) is 65.5 Å². The van der Waals surface area contributed by atoms with Crippen LogP contribution in [0.15, 0.2) is 48.5 Å². The van der Waals surface area contributed by atoms with E-state index in [1.807, 2.05) is 6.07 Å². The lowest BCUT2D eigenvalue weighted by molar-refractivity contribution is -0.143. The number of halogens is 1. The Labute approximate surface area is 176 Å². The molecule has 8 nitrogen and oxygen atoms in total. The molecule has 3 heterocycles. The molecule has 158 valence electrons. The summed E-state index contributed by atoms with van der Waals surface area (Å²) in [7, 11) is 0. The number of amides is 4. The number of anilines is 1. The maximum Gasteiger partial charge on any atom is 0.250 e. The van der Waals surface area contributed by atoms with Gasteiger partial charge < -0.3 is 11.1 Å². The van der Waals surface area contributed by atoms with E-state index in [0.29, 0.717) is 5.69 Å². The first-order valence-electron chi connectivity index (χ1n) is 9.89. The van der Waals surface area contributed by atoms with E-state index in [1.54, 1.807) is 24.3 Å². The summed E-state index contributed by atoms with van der Waals surface area (Å²) in [6.07, 6.45) is -0.237. The smallest absolute Gasteiger partial charge is 0.250 e. The van der Waals surface area contributed by atoms with Crippen molar-refractivity contribution in [2.24, 2.45) is 17.6 Å². The van der Waals surface area contributed by atoms with Gasteiger partial charge in [0.05, 0.1) is 18.4 Å². The molecular formula is C22H19FN4O4. The number of primary amides is 1. The molecule has 2 fully saturated rings. The van der Waals surface area contributed by atoms with Crippen molar-refractivity contribution in [2.75, 3.05) is 5.32 Å². The van der Waals surface area contributed by atoms with Crippen molar-refractivity contribution >= 4 is 29.3 Å². The van der Waals surface area contributed by atoms with Crippen LogP contribution in [0.25, 0.3) is 0 Å². The normalized spacial score (nSPS) is 28.7. The summed E-state index contributed by atoms with van der Waals surface area (Å²) in [5.41, 5.74) is 5.09. The Morgan fingerprint density at radius 3 is 2.55 bits per heavy atom. The number of nitrogens with zero attached hydrogens (tertiary/aromatic N) is 1. The van der Waals surface area contributed by atoms with Crippen LogP contribution in [-0.4, -0.2) is 34.6 Å². The summed E-state index contributed by atoms with van der Waals surface area (Å²) < 4.78 is 14.1. The summed E-state index contributed by atoms with van der Waals surface area (Å²) in [6, 6.07) is 12.0. The molecule has 3 aliphatic rings. The predicted molar refractivity (Wildman–Crippen MR) is 106 cm³/mol. The van der Waals surface area contributed by atoms with E-state index in [4.69, 9.17) is 5.73 Å². The van der Waals surface area contributed by atoms with Crippen LogP contribution in [0.2, 0.25) is 0 Å². The zero-order valence-electron chi connectivity index (χ0n) is 16.3. The summed E-state index contributed by atoms with van der Waals surface area (Å²) in [6.45, 7) is 0.0442. The third-order valence-electron chi connectivity index (χ3n) is 6.37. The standard InChI is InChI=1S/C22H19FN4O4/c23-12-6-7-14-13(8-12)22(21(31)25-14)18-17(15(26-22)9-16(24)28)19(29)27(20(18)30)10-11-4-2-1-3-5-11/h1-8,15,17-18,26H,9-10H2,(H2,24,28)(H,25,31)/t15?,17?,18?,22-/m0/s1. The Balaban J connectivity index is 1.62. The van der Waals surface area contributed by atoms with Gasteiger partial charge in [0.15, 0.2) is 0 Å². The van der Waals surface area contributed by atoms with Crippen molar-refractivity contribution in [3.63, 3.8) is 0 Å². The van der Waals surface area contributed by atoms with E-state index in [9.17, 15) is 23.6 Å². The number of carbonyl (C=O) groups excluding carboxylic acids is 4. The largest absolute Gasteiger partial charge is 0.370 e. The summed E-state index contributed by atoms with van der Waals surface area (Å²) >= 11 is 0. The highest BCUT2D eigenvalue weighted by molar-refractivity contribution is 6.15. The molecule has 31 heavy (non-hydrogen) atoms. The number of hydrogen-bond donors (Lipinski definition) is 3. The van der Waals surface area contributed by atoms with Gasteiger partial charge in [0.2, 0.25) is 23.6 Å². The minimum Gasteiger partial charge on any atom is -0.370 e. The lowest BCUT2D eigenvalue weighted by Gasteiger charge is -2.29. The number of nitrogens with two attached hydrogens (primary N) is 1. The van der Waals surface area contributed by atoms with E-state index in [1.165, 1.54) is 18.2 Å². The van der Waals surface area contributed by atoms with E-state index in [0.717, 1.165) is 10.5 Å². The second-order valence-corrected chi connectivity index (χ2v) is 8.12. The minimum atomic E-state index is -1.65.